The van der Waals surface area contributed by atoms with Crippen LogP contribution in [0.15, 0.2) is 0 Å². The highest BCUT2D eigenvalue weighted by Gasteiger charge is 2.11. The molecule has 0 radical (unpaired) electrons. The molecule has 0 aromatic heterocycles. The molecule has 0 amide bonds. The zero-order chi connectivity index (χ0) is 12.3. The molecule has 0 aromatic rings. The predicted octanol–water partition coefficient (Wildman–Crippen LogP) is 0.649. The average molecular weight is 368 g/mol. The largest absolute Gasteiger partial charge is 0.378 e. The Morgan fingerprint density at radius 3 is 1.75 bits per heavy atom. The lowest BCUT2D eigenvalue weighted by Gasteiger charge is -2.06. The Morgan fingerprint density at radius 1 is 0.875 bits per heavy atom. The van der Waals surface area contributed by atoms with Crippen molar-refractivity contribution in [2.45, 2.75) is 0 Å². The van der Waals surface area contributed by atoms with Gasteiger partial charge < -0.3 is 24.0 Å². The van der Waals surface area contributed by atoms with Gasteiger partial charge in [-0.15, -0.1) is 0 Å². The quantitative estimate of drug-likeness (QED) is 0.241. The van der Waals surface area contributed by atoms with Crippen LogP contribution in [0.5, 0.6) is 0 Å². The van der Waals surface area contributed by atoms with Crippen molar-refractivity contribution in [3.8, 4) is 0 Å². The Kier molecular flexibility index (Phi) is 11.4. The summed E-state index contributed by atoms with van der Waals surface area (Å²) in [6.45, 7) is 2.60. The van der Waals surface area contributed by atoms with Crippen LogP contribution in [0, 0.1) is 0 Å². The van der Waals surface area contributed by atoms with Gasteiger partial charge in [0.05, 0.1) is 45.8 Å². The van der Waals surface area contributed by atoms with E-state index in [1.807, 2.05) is 0 Å². The normalized spacial score (nSPS) is 11.9. The molecular formula is C8H18IO6P. The Labute approximate surface area is 109 Å². The van der Waals surface area contributed by atoms with Gasteiger partial charge in [0.1, 0.15) is 0 Å². The molecule has 0 bridgehead atoms. The summed E-state index contributed by atoms with van der Waals surface area (Å²) in [7, 11) is -3.93. The van der Waals surface area contributed by atoms with E-state index >= 15 is 0 Å². The molecular weight excluding hydrogens is 350 g/mol. The lowest BCUT2D eigenvalue weighted by molar-refractivity contribution is 0.0202. The molecule has 0 aliphatic heterocycles. The Morgan fingerprint density at radius 2 is 1.31 bits per heavy atom. The third-order valence-electron chi connectivity index (χ3n) is 1.49. The first kappa shape index (κ1) is 16.8. The summed E-state index contributed by atoms with van der Waals surface area (Å²) >= 11 is 2.23. The van der Waals surface area contributed by atoms with Crippen LogP contribution in [0.1, 0.15) is 0 Å². The van der Waals surface area contributed by atoms with Crippen molar-refractivity contribution < 1.29 is 28.6 Å². The van der Waals surface area contributed by atoms with Crippen molar-refractivity contribution in [1.29, 1.82) is 0 Å². The van der Waals surface area contributed by atoms with Crippen LogP contribution in [0.4, 0.5) is 0 Å². The van der Waals surface area contributed by atoms with Crippen molar-refractivity contribution >= 4 is 30.2 Å². The fraction of sp³-hybridized carbons (Fsp3) is 1.00. The van der Waals surface area contributed by atoms with Crippen LogP contribution in [-0.2, 0) is 18.8 Å². The van der Waals surface area contributed by atoms with Crippen LogP contribution in [0.25, 0.3) is 0 Å². The maximum absolute atomic E-state index is 10.4. The van der Waals surface area contributed by atoms with E-state index in [1.54, 1.807) is 0 Å². The Bertz CT molecular complexity index is 197. The zero-order valence-corrected chi connectivity index (χ0v) is 12.1. The summed E-state index contributed by atoms with van der Waals surface area (Å²) in [6, 6.07) is 0. The van der Waals surface area contributed by atoms with Gasteiger partial charge in [-0.05, 0) is 0 Å². The van der Waals surface area contributed by atoms with Crippen LogP contribution >= 0.6 is 30.2 Å². The van der Waals surface area contributed by atoms with Crippen molar-refractivity contribution in [1.82, 2.24) is 0 Å². The topological polar surface area (TPSA) is 85.2 Å². The molecule has 6 nitrogen and oxygen atoms in total. The molecule has 2 N–H and O–H groups in total. The number of hydrogen-bond donors (Lipinski definition) is 2. The number of rotatable bonds is 11. The summed E-state index contributed by atoms with van der Waals surface area (Å²) < 4.78 is 26.7. The fourth-order valence-electron chi connectivity index (χ4n) is 0.780. The highest BCUT2D eigenvalue weighted by atomic mass is 127. The SMILES string of the molecule is O=P(O)(O)CCOCCOCCOCCI. The van der Waals surface area contributed by atoms with E-state index in [4.69, 9.17) is 24.0 Å². The molecule has 0 fully saturated rings. The molecule has 0 atom stereocenters. The van der Waals surface area contributed by atoms with Gasteiger partial charge in [-0.1, -0.05) is 22.6 Å². The lowest BCUT2D eigenvalue weighted by atomic mass is 10.7. The first-order valence-corrected chi connectivity index (χ1v) is 8.22. The molecule has 16 heavy (non-hydrogen) atoms. The number of alkyl halides is 1. The highest BCUT2D eigenvalue weighted by Crippen LogP contribution is 2.33. The standard InChI is InChI=1S/C8H18IO6P/c9-1-2-13-3-4-14-5-6-15-7-8-16(10,11)12/h1-8H2,(H2,10,11,12). The Hall–Kier alpha value is 0.760. The summed E-state index contributed by atoms with van der Waals surface area (Å²) in [4.78, 5) is 17.0. The van der Waals surface area contributed by atoms with Gasteiger partial charge in [0.15, 0.2) is 0 Å². The van der Waals surface area contributed by atoms with Crippen LogP contribution in [0.2, 0.25) is 0 Å². The van der Waals surface area contributed by atoms with E-state index in [0.717, 1.165) is 11.0 Å². The van der Waals surface area contributed by atoms with Gasteiger partial charge in [0.2, 0.25) is 0 Å². The van der Waals surface area contributed by atoms with E-state index < -0.39 is 7.60 Å². The smallest absolute Gasteiger partial charge is 0.327 e. The van der Waals surface area contributed by atoms with Gasteiger partial charge >= 0.3 is 7.60 Å². The molecule has 0 aromatic carbocycles. The highest BCUT2D eigenvalue weighted by molar-refractivity contribution is 14.1. The van der Waals surface area contributed by atoms with E-state index in [1.165, 1.54) is 0 Å². The maximum Gasteiger partial charge on any atom is 0.327 e. The van der Waals surface area contributed by atoms with Crippen LogP contribution < -0.4 is 0 Å². The van der Waals surface area contributed by atoms with Gasteiger partial charge in [-0.2, -0.15) is 0 Å². The molecule has 0 spiro atoms. The van der Waals surface area contributed by atoms with E-state index in [9.17, 15) is 4.57 Å². The molecule has 98 valence electrons. The molecule has 0 heterocycles. The molecule has 0 rings (SSSR count). The monoisotopic (exact) mass is 368 g/mol. The van der Waals surface area contributed by atoms with Gasteiger partial charge in [-0.25, -0.2) is 0 Å². The molecule has 0 aliphatic rings. The second kappa shape index (κ2) is 10.9. The van der Waals surface area contributed by atoms with Crippen LogP contribution in [-0.4, -0.2) is 60.0 Å². The third kappa shape index (κ3) is 14.8. The maximum atomic E-state index is 10.4. The summed E-state index contributed by atoms with van der Waals surface area (Å²) in [5.41, 5.74) is 0. The summed E-state index contributed by atoms with van der Waals surface area (Å²) in [5.74, 6) is 0. The molecule has 0 saturated carbocycles. The molecule has 0 unspecified atom stereocenters. The van der Waals surface area contributed by atoms with E-state index in [0.29, 0.717) is 26.4 Å². The van der Waals surface area contributed by atoms with E-state index in [-0.39, 0.29) is 12.8 Å². The molecule has 0 aliphatic carbocycles. The second-order valence-corrected chi connectivity index (χ2v) is 5.77. The van der Waals surface area contributed by atoms with Crippen molar-refractivity contribution in [2.75, 3.05) is 50.2 Å². The predicted molar refractivity (Wildman–Crippen MR) is 68.3 cm³/mol. The zero-order valence-electron chi connectivity index (χ0n) is 9.01. The molecule has 8 heteroatoms. The first-order valence-electron chi connectivity index (χ1n) is 4.90. The average Bonchev–Trinajstić information content (AvgIpc) is 2.19. The minimum Gasteiger partial charge on any atom is -0.378 e. The van der Waals surface area contributed by atoms with Crippen molar-refractivity contribution in [3.63, 3.8) is 0 Å². The lowest BCUT2D eigenvalue weighted by Crippen LogP contribution is -2.11. The van der Waals surface area contributed by atoms with Crippen LogP contribution in [0.3, 0.4) is 0 Å². The van der Waals surface area contributed by atoms with Crippen molar-refractivity contribution in [3.05, 3.63) is 0 Å². The number of halogens is 1. The minimum atomic E-state index is -3.93. The number of hydrogen-bond acceptors (Lipinski definition) is 4. The Balaban J connectivity index is 3.02. The second-order valence-electron chi connectivity index (χ2n) is 2.91. The molecule has 0 saturated heterocycles. The fourth-order valence-corrected chi connectivity index (χ4v) is 1.46. The first-order chi connectivity index (χ1) is 7.56. The summed E-state index contributed by atoms with van der Waals surface area (Å²) in [6.07, 6.45) is -0.244. The third-order valence-corrected chi connectivity index (χ3v) is 2.70. The van der Waals surface area contributed by atoms with Gasteiger partial charge in [0, 0.05) is 4.43 Å². The van der Waals surface area contributed by atoms with Gasteiger partial charge in [0.25, 0.3) is 0 Å². The van der Waals surface area contributed by atoms with E-state index in [2.05, 4.69) is 22.6 Å². The number of ether oxygens (including phenoxy) is 3. The summed E-state index contributed by atoms with van der Waals surface area (Å²) in [5, 5.41) is 0. The van der Waals surface area contributed by atoms with Gasteiger partial charge in [-0.3, -0.25) is 4.57 Å². The minimum absolute atomic E-state index is 0.0545. The van der Waals surface area contributed by atoms with Crippen molar-refractivity contribution in [2.24, 2.45) is 0 Å².